The first kappa shape index (κ1) is 11.4. The molecule has 0 unspecified atom stereocenters. The van der Waals surface area contributed by atoms with Gasteiger partial charge >= 0.3 is 0 Å². The molecule has 18 heavy (non-hydrogen) atoms. The minimum absolute atomic E-state index is 0.578. The lowest BCUT2D eigenvalue weighted by Crippen LogP contribution is -1.99. The molecule has 0 fully saturated rings. The number of thiazole rings is 1. The number of fused-ring (bicyclic) bond motifs is 1. The zero-order chi connectivity index (χ0) is 12.5. The molecule has 0 aromatic carbocycles. The molecule has 0 aliphatic carbocycles. The van der Waals surface area contributed by atoms with Gasteiger partial charge in [-0.1, -0.05) is 0 Å². The Morgan fingerprint density at radius 1 is 1.50 bits per heavy atom. The van der Waals surface area contributed by atoms with E-state index in [1.165, 1.54) is 0 Å². The van der Waals surface area contributed by atoms with E-state index in [-0.39, 0.29) is 0 Å². The second-order valence-corrected chi connectivity index (χ2v) is 5.07. The Hall–Kier alpha value is -1.73. The van der Waals surface area contributed by atoms with Crippen LogP contribution in [-0.2, 0) is 6.54 Å². The Morgan fingerprint density at radius 2 is 2.39 bits per heavy atom. The van der Waals surface area contributed by atoms with Gasteiger partial charge < -0.3 is 9.72 Å². The molecule has 0 aliphatic heterocycles. The number of aromatic nitrogens is 4. The third kappa shape index (κ3) is 1.91. The van der Waals surface area contributed by atoms with E-state index in [2.05, 4.69) is 15.0 Å². The fraction of sp³-hybridized carbons (Fsp3) is 0.182. The van der Waals surface area contributed by atoms with Crippen LogP contribution in [0.3, 0.4) is 0 Å². The topological polar surface area (TPSA) is 55.7 Å². The average Bonchev–Trinajstić information content (AvgIpc) is 2.99. The number of nitrogens with one attached hydrogen (secondary N) is 1. The third-order valence-corrected chi connectivity index (χ3v) is 3.69. The molecule has 92 valence electrons. The second-order valence-electron chi connectivity index (χ2n) is 3.71. The lowest BCUT2D eigenvalue weighted by molar-refractivity contribution is 0.399. The van der Waals surface area contributed by atoms with Crippen molar-refractivity contribution in [2.45, 2.75) is 6.54 Å². The number of rotatable bonds is 3. The molecule has 3 heterocycles. The molecule has 0 spiro atoms. The highest BCUT2D eigenvalue weighted by Gasteiger charge is 2.08. The molecule has 0 radical (unpaired) electrons. The highest BCUT2D eigenvalue weighted by Crippen LogP contribution is 2.18. The molecule has 0 aliphatic rings. The van der Waals surface area contributed by atoms with Gasteiger partial charge in [-0.15, -0.1) is 11.3 Å². The van der Waals surface area contributed by atoms with Gasteiger partial charge in [0.25, 0.3) is 0 Å². The number of methoxy groups -OCH3 is 1. The van der Waals surface area contributed by atoms with Gasteiger partial charge in [-0.05, 0) is 18.3 Å². The average molecular weight is 278 g/mol. The predicted molar refractivity (Wildman–Crippen MR) is 72.7 cm³/mol. The van der Waals surface area contributed by atoms with Crippen molar-refractivity contribution in [3.8, 4) is 5.88 Å². The molecule has 1 N–H and O–H groups in total. The van der Waals surface area contributed by atoms with E-state index >= 15 is 0 Å². The minimum atomic E-state index is 0.578. The molecular formula is C11H10N4OS2. The molecular weight excluding hydrogens is 268 g/mol. The van der Waals surface area contributed by atoms with Gasteiger partial charge in [0.15, 0.2) is 10.4 Å². The summed E-state index contributed by atoms with van der Waals surface area (Å²) in [4.78, 5) is 12.8. The molecule has 0 saturated carbocycles. The summed E-state index contributed by atoms with van der Waals surface area (Å²) >= 11 is 6.91. The summed E-state index contributed by atoms with van der Waals surface area (Å²) in [7, 11) is 1.60. The standard InChI is InChI=1S/C11H10N4OS2/c1-16-9-3-2-8-10(14-9)15(11(17)13-8)5-7-4-12-6-18-7/h2-4,6H,5H2,1H3,(H,13,17). The van der Waals surface area contributed by atoms with Crippen LogP contribution in [0.2, 0.25) is 0 Å². The van der Waals surface area contributed by atoms with E-state index < -0.39 is 0 Å². The van der Waals surface area contributed by atoms with E-state index in [1.807, 2.05) is 28.4 Å². The van der Waals surface area contributed by atoms with Crippen molar-refractivity contribution in [1.29, 1.82) is 0 Å². The Labute approximate surface area is 112 Å². The van der Waals surface area contributed by atoms with E-state index in [1.54, 1.807) is 18.4 Å². The van der Waals surface area contributed by atoms with Crippen molar-refractivity contribution in [2.24, 2.45) is 0 Å². The normalized spacial score (nSPS) is 10.9. The maximum Gasteiger partial charge on any atom is 0.215 e. The van der Waals surface area contributed by atoms with E-state index in [9.17, 15) is 0 Å². The van der Waals surface area contributed by atoms with Crippen LogP contribution in [-0.4, -0.2) is 26.6 Å². The molecule has 0 saturated heterocycles. The summed E-state index contributed by atoms with van der Waals surface area (Å²) in [6.07, 6.45) is 1.84. The van der Waals surface area contributed by atoms with Crippen LogP contribution in [0.15, 0.2) is 23.8 Å². The number of hydrogen-bond donors (Lipinski definition) is 1. The van der Waals surface area contributed by atoms with E-state index in [0.717, 1.165) is 16.0 Å². The Balaban J connectivity index is 2.14. The molecule has 0 bridgehead atoms. The van der Waals surface area contributed by atoms with Gasteiger partial charge in [-0.25, -0.2) is 0 Å². The van der Waals surface area contributed by atoms with Crippen LogP contribution in [0.25, 0.3) is 11.2 Å². The van der Waals surface area contributed by atoms with Gasteiger partial charge in [-0.3, -0.25) is 9.55 Å². The van der Waals surface area contributed by atoms with Crippen molar-refractivity contribution in [2.75, 3.05) is 7.11 Å². The largest absolute Gasteiger partial charge is 0.481 e. The first-order valence-corrected chi connectivity index (χ1v) is 6.57. The summed E-state index contributed by atoms with van der Waals surface area (Å²) in [5.74, 6) is 0.578. The monoisotopic (exact) mass is 278 g/mol. The van der Waals surface area contributed by atoms with Gasteiger partial charge in [0.05, 0.1) is 24.7 Å². The highest BCUT2D eigenvalue weighted by molar-refractivity contribution is 7.71. The molecule has 3 aromatic heterocycles. The van der Waals surface area contributed by atoms with Gasteiger partial charge in [0, 0.05) is 17.1 Å². The van der Waals surface area contributed by atoms with Crippen LogP contribution in [0.1, 0.15) is 4.88 Å². The van der Waals surface area contributed by atoms with Crippen molar-refractivity contribution in [3.63, 3.8) is 0 Å². The molecule has 7 heteroatoms. The zero-order valence-electron chi connectivity index (χ0n) is 9.58. The quantitative estimate of drug-likeness (QED) is 0.748. The number of aromatic amines is 1. The summed E-state index contributed by atoms with van der Waals surface area (Å²) in [5.41, 5.74) is 3.51. The minimum Gasteiger partial charge on any atom is -0.481 e. The van der Waals surface area contributed by atoms with E-state index in [4.69, 9.17) is 17.0 Å². The lowest BCUT2D eigenvalue weighted by Gasteiger charge is -2.02. The van der Waals surface area contributed by atoms with Gasteiger partial charge in [-0.2, -0.15) is 4.98 Å². The smallest absolute Gasteiger partial charge is 0.215 e. The number of imidazole rings is 1. The zero-order valence-corrected chi connectivity index (χ0v) is 11.2. The molecule has 3 rings (SSSR count). The Kier molecular flexibility index (Phi) is 2.85. The number of H-pyrrole nitrogens is 1. The SMILES string of the molecule is COc1ccc2[nH]c(=S)n(Cc3cncs3)c2n1. The highest BCUT2D eigenvalue weighted by atomic mass is 32.1. The number of pyridine rings is 1. The third-order valence-electron chi connectivity index (χ3n) is 2.60. The van der Waals surface area contributed by atoms with Crippen molar-refractivity contribution >= 4 is 34.7 Å². The Bertz CT molecular complexity index is 729. The van der Waals surface area contributed by atoms with Gasteiger partial charge in [0.2, 0.25) is 5.88 Å². The lowest BCUT2D eigenvalue weighted by atomic mass is 10.4. The first-order chi connectivity index (χ1) is 8.78. The van der Waals surface area contributed by atoms with Crippen LogP contribution in [0.5, 0.6) is 5.88 Å². The summed E-state index contributed by atoms with van der Waals surface area (Å²) in [6.45, 7) is 0.670. The van der Waals surface area contributed by atoms with Crippen molar-refractivity contribution in [1.82, 2.24) is 19.5 Å². The molecule has 0 atom stereocenters. The number of ether oxygens (including phenoxy) is 1. The predicted octanol–water partition coefficient (Wildman–Crippen LogP) is 2.61. The van der Waals surface area contributed by atoms with Crippen LogP contribution in [0, 0.1) is 4.77 Å². The fourth-order valence-corrected chi connectivity index (χ4v) is 2.59. The van der Waals surface area contributed by atoms with Crippen LogP contribution in [0.4, 0.5) is 0 Å². The van der Waals surface area contributed by atoms with E-state index in [0.29, 0.717) is 17.2 Å². The molecule has 0 amide bonds. The fourth-order valence-electron chi connectivity index (χ4n) is 1.75. The van der Waals surface area contributed by atoms with Crippen LogP contribution < -0.4 is 4.74 Å². The maximum absolute atomic E-state index is 5.32. The Morgan fingerprint density at radius 3 is 3.11 bits per heavy atom. The second kappa shape index (κ2) is 4.51. The summed E-state index contributed by atoms with van der Waals surface area (Å²) < 4.78 is 7.74. The number of nitrogens with zero attached hydrogens (tertiary/aromatic N) is 3. The van der Waals surface area contributed by atoms with Crippen molar-refractivity contribution in [3.05, 3.63) is 33.5 Å². The first-order valence-electron chi connectivity index (χ1n) is 5.29. The summed E-state index contributed by atoms with van der Waals surface area (Å²) in [6, 6.07) is 3.73. The number of hydrogen-bond acceptors (Lipinski definition) is 5. The van der Waals surface area contributed by atoms with Crippen molar-refractivity contribution < 1.29 is 4.74 Å². The molecule has 5 nitrogen and oxygen atoms in total. The van der Waals surface area contributed by atoms with Gasteiger partial charge in [0.1, 0.15) is 0 Å². The summed E-state index contributed by atoms with van der Waals surface area (Å²) in [5, 5.41) is 0. The van der Waals surface area contributed by atoms with Crippen LogP contribution >= 0.6 is 23.6 Å². The molecule has 3 aromatic rings. The maximum atomic E-state index is 5.32.